The monoisotopic (exact) mass is 432 g/mol. The van der Waals surface area contributed by atoms with Crippen molar-refractivity contribution in [1.82, 2.24) is 5.43 Å². The third-order valence-corrected chi connectivity index (χ3v) is 4.39. The van der Waals surface area contributed by atoms with E-state index < -0.39 is 0 Å². The van der Waals surface area contributed by atoms with Crippen LogP contribution in [0.5, 0.6) is 11.5 Å². The number of hydrazone groups is 1. The van der Waals surface area contributed by atoms with E-state index in [1.54, 1.807) is 6.21 Å². The first kappa shape index (κ1) is 21.0. The molecule has 0 aromatic heterocycles. The molecule has 0 radical (unpaired) electrons. The molecule has 0 heterocycles. The molecule has 27 heavy (non-hydrogen) atoms. The maximum absolute atomic E-state index is 12.0. The third kappa shape index (κ3) is 6.40. The van der Waals surface area contributed by atoms with E-state index >= 15 is 0 Å². The smallest absolute Gasteiger partial charge is 0.277 e. The number of hydrogen-bond donors (Lipinski definition) is 1. The van der Waals surface area contributed by atoms with E-state index in [-0.39, 0.29) is 17.9 Å². The van der Waals surface area contributed by atoms with Gasteiger partial charge in [0.05, 0.1) is 17.3 Å². The number of carbonyl (C=O) groups is 1. The molecular weight excluding hydrogens is 408 g/mol. The zero-order valence-corrected chi connectivity index (χ0v) is 17.7. The fraction of sp³-hybridized carbons (Fsp3) is 0.333. The lowest BCUT2D eigenvalue weighted by Gasteiger charge is -2.20. The summed E-state index contributed by atoms with van der Waals surface area (Å²) in [6.07, 6.45) is 1.55. The Balaban J connectivity index is 1.90. The molecule has 0 unspecified atom stereocenters. The number of rotatable bonds is 7. The minimum Gasteiger partial charge on any atom is -0.493 e. The molecule has 1 N–H and O–H groups in total. The van der Waals surface area contributed by atoms with Crippen LogP contribution in [0.25, 0.3) is 0 Å². The maximum Gasteiger partial charge on any atom is 0.277 e. The number of nitrogens with one attached hydrogen (secondary N) is 1. The molecule has 1 amide bonds. The molecule has 0 aliphatic carbocycles. The second kappa shape index (κ2) is 9.55. The first-order chi connectivity index (χ1) is 12.8. The number of amides is 1. The van der Waals surface area contributed by atoms with Crippen LogP contribution in [0.2, 0.25) is 0 Å². The second-order valence-corrected chi connectivity index (χ2v) is 7.80. The predicted octanol–water partition coefficient (Wildman–Crippen LogP) is 4.67. The third-order valence-electron chi connectivity index (χ3n) is 3.77. The first-order valence-electron chi connectivity index (χ1n) is 8.78. The lowest BCUT2D eigenvalue weighted by Crippen LogP contribution is -2.24. The van der Waals surface area contributed by atoms with Gasteiger partial charge >= 0.3 is 0 Å². The summed E-state index contributed by atoms with van der Waals surface area (Å²) in [5.41, 5.74) is 4.48. The average Bonchev–Trinajstić information content (AvgIpc) is 2.61. The van der Waals surface area contributed by atoms with Crippen LogP contribution in [-0.4, -0.2) is 25.3 Å². The van der Waals surface area contributed by atoms with E-state index in [2.05, 4.69) is 47.2 Å². The van der Waals surface area contributed by atoms with Crippen molar-refractivity contribution in [3.63, 3.8) is 0 Å². The van der Waals surface area contributed by atoms with Crippen LogP contribution >= 0.6 is 15.9 Å². The van der Waals surface area contributed by atoms with Crippen LogP contribution in [0.1, 0.15) is 38.8 Å². The van der Waals surface area contributed by atoms with Crippen molar-refractivity contribution in [2.75, 3.05) is 13.2 Å². The summed E-state index contributed by atoms with van der Waals surface area (Å²) in [6.45, 7) is 8.78. The molecule has 0 atom stereocenters. The minimum absolute atomic E-state index is 0.0465. The lowest BCUT2D eigenvalue weighted by atomic mass is 9.87. The lowest BCUT2D eigenvalue weighted by molar-refractivity contribution is -0.123. The van der Waals surface area contributed by atoms with Crippen molar-refractivity contribution in [1.29, 1.82) is 0 Å². The number of benzene rings is 2. The standard InChI is InChI=1S/C21H25BrN2O3/c1-5-26-18-9-7-6-8-15(18)13-23-24-20(25)14-27-19-11-10-16(12-17(19)22)21(2,3)4/h6-13H,5,14H2,1-4H3,(H,24,25). The normalized spacial score (nSPS) is 11.4. The van der Waals surface area contributed by atoms with Gasteiger partial charge in [0.2, 0.25) is 0 Å². The molecule has 0 bridgehead atoms. The first-order valence-corrected chi connectivity index (χ1v) is 9.57. The summed E-state index contributed by atoms with van der Waals surface area (Å²) >= 11 is 3.50. The molecule has 2 rings (SSSR count). The molecule has 0 spiro atoms. The molecule has 0 aliphatic heterocycles. The fourth-order valence-corrected chi connectivity index (χ4v) is 2.80. The minimum atomic E-state index is -0.341. The number of halogens is 1. The van der Waals surface area contributed by atoms with E-state index in [1.165, 1.54) is 5.56 Å². The molecule has 2 aromatic rings. The highest BCUT2D eigenvalue weighted by atomic mass is 79.9. The summed E-state index contributed by atoms with van der Waals surface area (Å²) in [7, 11) is 0. The van der Waals surface area contributed by atoms with Gasteiger partial charge in [0.25, 0.3) is 5.91 Å². The summed E-state index contributed by atoms with van der Waals surface area (Å²) < 4.78 is 11.9. The van der Waals surface area contributed by atoms with Crippen LogP contribution in [0, 0.1) is 0 Å². The molecular formula is C21H25BrN2O3. The van der Waals surface area contributed by atoms with Gasteiger partial charge in [-0.1, -0.05) is 39.0 Å². The Bertz CT molecular complexity index is 813. The van der Waals surface area contributed by atoms with Crippen LogP contribution in [0.15, 0.2) is 52.0 Å². The number of hydrogen-bond acceptors (Lipinski definition) is 4. The zero-order chi connectivity index (χ0) is 19.9. The Morgan fingerprint density at radius 1 is 1.15 bits per heavy atom. The molecule has 2 aromatic carbocycles. The van der Waals surface area contributed by atoms with Gasteiger partial charge in [-0.2, -0.15) is 5.10 Å². The quantitative estimate of drug-likeness (QED) is 0.510. The topological polar surface area (TPSA) is 59.9 Å². The van der Waals surface area contributed by atoms with Crippen molar-refractivity contribution < 1.29 is 14.3 Å². The summed E-state index contributed by atoms with van der Waals surface area (Å²) in [6, 6.07) is 13.4. The van der Waals surface area contributed by atoms with Gasteiger partial charge in [-0.05, 0) is 58.1 Å². The van der Waals surface area contributed by atoms with Crippen LogP contribution in [0.4, 0.5) is 0 Å². The second-order valence-electron chi connectivity index (χ2n) is 6.95. The number of nitrogens with zero attached hydrogens (tertiary/aromatic N) is 1. The predicted molar refractivity (Wildman–Crippen MR) is 112 cm³/mol. The Morgan fingerprint density at radius 2 is 1.89 bits per heavy atom. The number of para-hydroxylation sites is 1. The fourth-order valence-electron chi connectivity index (χ4n) is 2.31. The highest BCUT2D eigenvalue weighted by Gasteiger charge is 2.15. The zero-order valence-electron chi connectivity index (χ0n) is 16.1. The van der Waals surface area contributed by atoms with Crippen molar-refractivity contribution in [2.24, 2.45) is 5.10 Å². The molecule has 6 heteroatoms. The van der Waals surface area contributed by atoms with E-state index in [0.29, 0.717) is 12.4 Å². The van der Waals surface area contributed by atoms with Gasteiger partial charge in [-0.25, -0.2) is 5.43 Å². The molecule has 5 nitrogen and oxygen atoms in total. The van der Waals surface area contributed by atoms with Crippen LogP contribution < -0.4 is 14.9 Å². The average molecular weight is 433 g/mol. The summed E-state index contributed by atoms with van der Waals surface area (Å²) in [5.74, 6) is 0.993. The Morgan fingerprint density at radius 3 is 2.56 bits per heavy atom. The van der Waals surface area contributed by atoms with Crippen LogP contribution in [-0.2, 0) is 10.2 Å². The molecule has 0 saturated carbocycles. The van der Waals surface area contributed by atoms with Gasteiger partial charge in [-0.3, -0.25) is 4.79 Å². The summed E-state index contributed by atoms with van der Waals surface area (Å²) in [4.78, 5) is 12.0. The highest BCUT2D eigenvalue weighted by Crippen LogP contribution is 2.31. The Kier molecular flexibility index (Phi) is 7.42. The summed E-state index contributed by atoms with van der Waals surface area (Å²) in [5, 5.41) is 3.97. The van der Waals surface area contributed by atoms with E-state index in [9.17, 15) is 4.79 Å². The molecule has 144 valence electrons. The van der Waals surface area contributed by atoms with Crippen molar-refractivity contribution in [2.45, 2.75) is 33.1 Å². The van der Waals surface area contributed by atoms with Gasteiger partial charge in [0.1, 0.15) is 11.5 Å². The van der Waals surface area contributed by atoms with Crippen molar-refractivity contribution in [3.8, 4) is 11.5 Å². The Labute approximate surface area is 168 Å². The van der Waals surface area contributed by atoms with Crippen LogP contribution in [0.3, 0.4) is 0 Å². The van der Waals surface area contributed by atoms with Gasteiger partial charge in [0.15, 0.2) is 6.61 Å². The maximum atomic E-state index is 12.0. The van der Waals surface area contributed by atoms with Gasteiger partial charge in [-0.15, -0.1) is 0 Å². The van der Waals surface area contributed by atoms with Gasteiger partial charge in [0, 0.05) is 5.56 Å². The SMILES string of the molecule is CCOc1ccccc1C=NNC(=O)COc1ccc(C(C)(C)C)cc1Br. The molecule has 0 saturated heterocycles. The van der Waals surface area contributed by atoms with Crippen molar-refractivity contribution in [3.05, 3.63) is 58.1 Å². The number of ether oxygens (including phenoxy) is 2. The van der Waals surface area contributed by atoms with E-state index in [1.807, 2.05) is 49.4 Å². The van der Waals surface area contributed by atoms with E-state index in [0.717, 1.165) is 15.8 Å². The van der Waals surface area contributed by atoms with Gasteiger partial charge < -0.3 is 9.47 Å². The largest absolute Gasteiger partial charge is 0.493 e. The molecule has 0 fully saturated rings. The number of carbonyl (C=O) groups excluding carboxylic acids is 1. The van der Waals surface area contributed by atoms with E-state index in [4.69, 9.17) is 9.47 Å². The van der Waals surface area contributed by atoms with Crippen molar-refractivity contribution >= 4 is 28.1 Å². The highest BCUT2D eigenvalue weighted by molar-refractivity contribution is 9.10. The Hall–Kier alpha value is -2.34. The molecule has 0 aliphatic rings.